The van der Waals surface area contributed by atoms with Crippen molar-refractivity contribution < 1.29 is 35.5 Å². The van der Waals surface area contributed by atoms with E-state index in [1.165, 1.54) is 13.8 Å². The first-order valence-corrected chi connectivity index (χ1v) is 10.3. The number of carbonyl (C=O) groups excluding carboxylic acids is 2. The third kappa shape index (κ3) is 22.1. The summed E-state index contributed by atoms with van der Waals surface area (Å²) in [6, 6.07) is 0. The molecule has 0 N–H and O–H groups in total. The van der Waals surface area contributed by atoms with Crippen LogP contribution in [0.15, 0.2) is 24.3 Å². The first-order chi connectivity index (χ1) is 9.65. The van der Waals surface area contributed by atoms with Gasteiger partial charge in [-0.3, -0.25) is 9.59 Å². The van der Waals surface area contributed by atoms with Gasteiger partial charge >= 0.3 is 23.1 Å². The van der Waals surface area contributed by atoms with Crippen LogP contribution in [0.25, 0.3) is 0 Å². The van der Waals surface area contributed by atoms with Crippen molar-refractivity contribution in [2.75, 3.05) is 10.2 Å². The SMILES string of the molecule is C=C(C)C(=O)SCS(=O)(=O)[O-].C=C(C)C(=O)SCS(=O)(=O)[O-].[Mg+2]. The number of rotatable bonds is 6. The fourth-order valence-electron chi connectivity index (χ4n) is 0.498. The zero-order valence-corrected chi connectivity index (χ0v) is 17.1. The topological polar surface area (TPSA) is 149 Å². The molecule has 0 aliphatic rings. The molecule has 0 bridgehead atoms. The summed E-state index contributed by atoms with van der Waals surface area (Å²) in [5.41, 5.74) is 0.470. The van der Waals surface area contributed by atoms with Crippen LogP contribution in [-0.4, -0.2) is 69.4 Å². The second-order valence-corrected chi connectivity index (χ2v) is 9.21. The van der Waals surface area contributed by atoms with Crippen LogP contribution in [0.4, 0.5) is 0 Å². The summed E-state index contributed by atoms with van der Waals surface area (Å²) in [5, 5.41) is -2.38. The zero-order chi connectivity index (χ0) is 18.1. The average molecular weight is 415 g/mol. The molecule has 0 aromatic carbocycles. The van der Waals surface area contributed by atoms with Gasteiger partial charge in [0.2, 0.25) is 10.2 Å². The number of hydrogen-bond acceptors (Lipinski definition) is 10. The van der Waals surface area contributed by atoms with E-state index in [4.69, 9.17) is 0 Å². The van der Waals surface area contributed by atoms with Crippen molar-refractivity contribution in [3.63, 3.8) is 0 Å². The minimum atomic E-state index is -4.30. The van der Waals surface area contributed by atoms with Crippen LogP contribution >= 0.6 is 23.5 Å². The van der Waals surface area contributed by atoms with Gasteiger partial charge in [-0.05, 0) is 25.0 Å². The van der Waals surface area contributed by atoms with Crippen molar-refractivity contribution in [3.8, 4) is 0 Å². The maximum atomic E-state index is 10.6. The fourth-order valence-corrected chi connectivity index (χ4v) is 3.00. The number of hydrogen-bond donors (Lipinski definition) is 0. The third-order valence-electron chi connectivity index (χ3n) is 1.37. The monoisotopic (exact) mass is 414 g/mol. The molecule has 0 amide bonds. The van der Waals surface area contributed by atoms with Crippen LogP contribution in [0.2, 0.25) is 0 Å². The molecule has 0 saturated heterocycles. The van der Waals surface area contributed by atoms with Crippen molar-refractivity contribution in [1.82, 2.24) is 0 Å². The normalized spacial score (nSPS) is 10.6. The van der Waals surface area contributed by atoms with Crippen LogP contribution in [0, 0.1) is 0 Å². The van der Waals surface area contributed by atoms with Gasteiger partial charge in [0.1, 0.15) is 20.2 Å². The van der Waals surface area contributed by atoms with Gasteiger partial charge in [0.05, 0.1) is 10.2 Å². The van der Waals surface area contributed by atoms with Crippen LogP contribution in [0.1, 0.15) is 13.8 Å². The Morgan fingerprint density at radius 3 is 1.17 bits per heavy atom. The Balaban J connectivity index is -0.000000333. The molecule has 0 aliphatic heterocycles. The van der Waals surface area contributed by atoms with E-state index in [0.717, 1.165) is 0 Å². The third-order valence-corrected chi connectivity index (χ3v) is 5.84. The molecule has 0 aliphatic carbocycles. The van der Waals surface area contributed by atoms with E-state index in [1.807, 2.05) is 0 Å². The predicted molar refractivity (Wildman–Crippen MR) is 89.7 cm³/mol. The van der Waals surface area contributed by atoms with Gasteiger partial charge in [-0.2, -0.15) is 0 Å². The first kappa shape index (κ1) is 27.9. The molecule has 0 rings (SSSR count). The Hall–Kier alpha value is 0.106. The summed E-state index contributed by atoms with van der Waals surface area (Å²) >= 11 is 0.905. The molecule has 8 nitrogen and oxygen atoms in total. The maximum Gasteiger partial charge on any atom is 2.00 e. The van der Waals surface area contributed by atoms with Gasteiger partial charge in [-0.25, -0.2) is 16.8 Å². The molecular weight excluding hydrogens is 401 g/mol. The van der Waals surface area contributed by atoms with Crippen LogP contribution < -0.4 is 0 Å². The van der Waals surface area contributed by atoms with Gasteiger partial charge in [-0.1, -0.05) is 36.7 Å². The second kappa shape index (κ2) is 12.5. The molecule has 0 unspecified atom stereocenters. The Labute approximate surface area is 160 Å². The van der Waals surface area contributed by atoms with Crippen LogP contribution in [0.3, 0.4) is 0 Å². The Morgan fingerprint density at radius 2 is 1.04 bits per heavy atom. The molecular formula is C10H14MgO8S4. The van der Waals surface area contributed by atoms with Gasteiger partial charge < -0.3 is 9.11 Å². The molecule has 0 aromatic rings. The van der Waals surface area contributed by atoms with E-state index in [2.05, 4.69) is 13.2 Å². The first-order valence-electron chi connectivity index (χ1n) is 5.18. The molecule has 0 saturated carbocycles. The molecule has 0 fully saturated rings. The average Bonchev–Trinajstić information content (AvgIpc) is 2.31. The van der Waals surface area contributed by atoms with Gasteiger partial charge in [0, 0.05) is 0 Å². The zero-order valence-electron chi connectivity index (χ0n) is 12.4. The predicted octanol–water partition coefficient (Wildman–Crippen LogP) is 0.269. The number of thioether (sulfide) groups is 2. The smallest absolute Gasteiger partial charge is 0.747 e. The van der Waals surface area contributed by atoms with Crippen molar-refractivity contribution in [2.45, 2.75) is 13.8 Å². The van der Waals surface area contributed by atoms with E-state index in [1.54, 1.807) is 0 Å². The molecule has 13 heteroatoms. The maximum absolute atomic E-state index is 10.6. The van der Waals surface area contributed by atoms with E-state index in [0.29, 0.717) is 23.5 Å². The fraction of sp³-hybridized carbons (Fsp3) is 0.400. The molecule has 0 atom stereocenters. The van der Waals surface area contributed by atoms with E-state index < -0.39 is 40.6 Å². The van der Waals surface area contributed by atoms with Gasteiger partial charge in [-0.15, -0.1) is 0 Å². The van der Waals surface area contributed by atoms with E-state index in [-0.39, 0.29) is 34.2 Å². The Bertz CT molecular complexity index is 592. The standard InChI is InChI=1S/2C5H8O4S2.Mg/c2*1-4(2)5(6)10-3-11(7,8)9;/h2*1,3H2,2H3,(H,7,8,9);/q;;+2/p-2. The summed E-state index contributed by atoms with van der Waals surface area (Å²) < 4.78 is 60.0. The molecule has 0 aromatic heterocycles. The summed E-state index contributed by atoms with van der Waals surface area (Å²) in [6.45, 7) is 9.48. The largest absolute Gasteiger partial charge is 2.00 e. The quantitative estimate of drug-likeness (QED) is 0.336. The molecule has 128 valence electrons. The molecule has 0 spiro atoms. The van der Waals surface area contributed by atoms with E-state index >= 15 is 0 Å². The van der Waals surface area contributed by atoms with Crippen molar-refractivity contribution in [3.05, 3.63) is 24.3 Å². The van der Waals surface area contributed by atoms with E-state index in [9.17, 15) is 35.5 Å². The van der Waals surface area contributed by atoms with Crippen molar-refractivity contribution in [2.24, 2.45) is 0 Å². The van der Waals surface area contributed by atoms with Crippen molar-refractivity contribution >= 4 is 77.0 Å². The molecule has 0 heterocycles. The summed E-state index contributed by atoms with van der Waals surface area (Å²) in [4.78, 5) is 21.3. The second-order valence-electron chi connectivity index (χ2n) is 3.78. The van der Waals surface area contributed by atoms with Gasteiger partial charge in [0.25, 0.3) is 0 Å². The molecule has 0 radical (unpaired) electrons. The van der Waals surface area contributed by atoms with Crippen LogP contribution in [-0.2, 0) is 29.8 Å². The Kier molecular flexibility index (Phi) is 15.1. The minimum absolute atomic E-state index is 0. The summed E-state index contributed by atoms with van der Waals surface area (Å²) in [5.74, 6) is 0. The summed E-state index contributed by atoms with van der Waals surface area (Å²) in [7, 11) is -8.60. The van der Waals surface area contributed by atoms with Crippen LogP contribution in [0.5, 0.6) is 0 Å². The number of carbonyl (C=O) groups is 2. The Morgan fingerprint density at radius 1 is 0.826 bits per heavy atom. The minimum Gasteiger partial charge on any atom is -0.747 e. The summed E-state index contributed by atoms with van der Waals surface area (Å²) in [6.07, 6.45) is 0. The van der Waals surface area contributed by atoms with Gasteiger partial charge in [0.15, 0.2) is 0 Å². The van der Waals surface area contributed by atoms with Crippen molar-refractivity contribution in [1.29, 1.82) is 0 Å². The molecule has 23 heavy (non-hydrogen) atoms.